The van der Waals surface area contributed by atoms with Crippen LogP contribution in [0, 0.1) is 10.1 Å². The van der Waals surface area contributed by atoms with Crippen molar-refractivity contribution < 1.29 is 47.1 Å². The van der Waals surface area contributed by atoms with Gasteiger partial charge in [0.05, 0.1) is 0 Å². The normalized spacial score (nSPS) is 9.40. The van der Waals surface area contributed by atoms with Crippen molar-refractivity contribution in [2.45, 2.75) is 0 Å². The van der Waals surface area contributed by atoms with E-state index in [0.29, 0.717) is 0 Å². The van der Waals surface area contributed by atoms with Gasteiger partial charge in [0.2, 0.25) is 0 Å². The van der Waals surface area contributed by atoms with Gasteiger partial charge >= 0.3 is 69.6 Å². The molecule has 15 heavy (non-hydrogen) atoms. The molecule has 0 aliphatic heterocycles. The summed E-state index contributed by atoms with van der Waals surface area (Å²) < 4.78 is 40.5. The average molecular weight is 299 g/mol. The molecule has 15 heteroatoms. The van der Waals surface area contributed by atoms with Crippen LogP contribution in [0.4, 0.5) is 0 Å². The Kier molecular flexibility index (Phi) is 18.7. The Hall–Kier alpha value is 0.816. The minimum atomic E-state index is -4.67. The first kappa shape index (κ1) is 24.9. The fraction of sp³-hybridized carbons (Fsp3) is 0. The zero-order valence-corrected chi connectivity index (χ0v) is 7.74. The van der Waals surface area contributed by atoms with Gasteiger partial charge in [-0.2, -0.15) is 8.42 Å². The van der Waals surface area contributed by atoms with E-state index in [9.17, 15) is 0 Å². The van der Waals surface area contributed by atoms with Gasteiger partial charge in [0.1, 0.15) is 0 Å². The predicted molar refractivity (Wildman–Crippen MR) is 44.4 cm³/mol. The summed E-state index contributed by atoms with van der Waals surface area (Å²) >= 11 is 0. The summed E-state index contributed by atoms with van der Waals surface area (Å²) in [6, 6.07) is 0. The molecule has 0 saturated carbocycles. The van der Waals surface area contributed by atoms with Gasteiger partial charge < -0.3 is 19.9 Å². The molecule has 0 saturated heterocycles. The standard InChI is InChI=1S/K.HNO3.H3O4P.H2O4S.H/c;2-1(3)4;2*1-5(2,3)4;/h;(H,2,3,4);(H3,1,2,3,4);(H2,1,2,3,4);. The zero-order chi connectivity index (χ0) is 12.6. The van der Waals surface area contributed by atoms with Crippen LogP contribution in [-0.4, -0.2) is 93.9 Å². The Balaban J connectivity index is -0.0000000590. The van der Waals surface area contributed by atoms with Crippen molar-refractivity contribution in [2.75, 3.05) is 0 Å². The van der Waals surface area contributed by atoms with E-state index in [-0.39, 0.29) is 51.4 Å². The third kappa shape index (κ3) is 3650. The van der Waals surface area contributed by atoms with Crippen LogP contribution >= 0.6 is 7.82 Å². The predicted octanol–water partition coefficient (Wildman–Crippen LogP) is -2.58. The molecule has 6 N–H and O–H groups in total. The minimum absolute atomic E-state index is 0. The molecule has 0 aliphatic rings. The Morgan fingerprint density at radius 3 is 1.13 bits per heavy atom. The molecule has 0 unspecified atom stereocenters. The maximum absolute atomic E-state index is 8.88. The molecule has 0 aromatic rings. The second-order valence-corrected chi connectivity index (χ2v) is 3.12. The molecular formula is H7KNO11PS. The molecule has 0 amide bonds. The summed E-state index contributed by atoms with van der Waals surface area (Å²) in [5.41, 5.74) is 0. The first-order valence-corrected chi connectivity index (χ1v) is 5.01. The second kappa shape index (κ2) is 11.3. The first-order chi connectivity index (χ1) is 5.73. The number of rotatable bonds is 0. The van der Waals surface area contributed by atoms with Crippen molar-refractivity contribution in [1.29, 1.82) is 0 Å². The Morgan fingerprint density at radius 2 is 1.13 bits per heavy atom. The number of nitrogens with zero attached hydrogens (tertiary/aromatic N) is 1. The summed E-state index contributed by atoms with van der Waals surface area (Å²) in [5, 5.41) is 13.6. The molecule has 0 bridgehead atoms. The SMILES string of the molecule is O=P(O)(O)O.O=S(=O)(O)O.O=[N+]([O-])O.[KH]. The van der Waals surface area contributed by atoms with E-state index in [0.717, 1.165) is 0 Å². The van der Waals surface area contributed by atoms with E-state index in [1.807, 2.05) is 0 Å². The van der Waals surface area contributed by atoms with Crippen LogP contribution in [0.3, 0.4) is 0 Å². The second-order valence-electron chi connectivity index (χ2n) is 1.20. The molecule has 12 nitrogen and oxygen atoms in total. The summed E-state index contributed by atoms with van der Waals surface area (Å²) in [7, 11) is -9.31. The third-order valence-electron chi connectivity index (χ3n) is 0. The summed E-state index contributed by atoms with van der Waals surface area (Å²) in [4.78, 5) is 29.9. The van der Waals surface area contributed by atoms with Crippen LogP contribution in [0.15, 0.2) is 0 Å². The van der Waals surface area contributed by atoms with Crippen molar-refractivity contribution >= 4 is 69.6 Å². The summed E-state index contributed by atoms with van der Waals surface area (Å²) in [5.74, 6) is 0. The summed E-state index contributed by atoms with van der Waals surface area (Å²) in [6.45, 7) is 0. The molecule has 0 atom stereocenters. The fourth-order valence-corrected chi connectivity index (χ4v) is 0. The molecule has 0 radical (unpaired) electrons. The van der Waals surface area contributed by atoms with Gasteiger partial charge in [-0.15, -0.1) is 10.1 Å². The fourth-order valence-electron chi connectivity index (χ4n) is 0. The van der Waals surface area contributed by atoms with Crippen LogP contribution in [0.5, 0.6) is 0 Å². The Labute approximate surface area is 125 Å². The molecule has 0 heterocycles. The van der Waals surface area contributed by atoms with Gasteiger partial charge in [0.15, 0.2) is 0 Å². The quantitative estimate of drug-likeness (QED) is 0.0896. The zero-order valence-electron chi connectivity index (χ0n) is 6.03. The van der Waals surface area contributed by atoms with E-state index in [1.54, 1.807) is 0 Å². The number of phosphoric acid groups is 1. The third-order valence-corrected chi connectivity index (χ3v) is 0. The van der Waals surface area contributed by atoms with E-state index in [4.69, 9.17) is 52.1 Å². The van der Waals surface area contributed by atoms with Crippen molar-refractivity contribution in [3.63, 3.8) is 0 Å². The molecule has 0 spiro atoms. The van der Waals surface area contributed by atoms with Crippen LogP contribution < -0.4 is 0 Å². The van der Waals surface area contributed by atoms with Crippen molar-refractivity contribution in [3.05, 3.63) is 10.1 Å². The van der Waals surface area contributed by atoms with E-state index < -0.39 is 23.3 Å². The van der Waals surface area contributed by atoms with Gasteiger partial charge in [-0.25, -0.2) is 4.57 Å². The molecule has 0 aromatic heterocycles. The van der Waals surface area contributed by atoms with Crippen molar-refractivity contribution in [2.24, 2.45) is 0 Å². The van der Waals surface area contributed by atoms with Gasteiger partial charge in [-0.05, 0) is 0 Å². The number of hydrogen-bond acceptors (Lipinski definition) is 5. The first-order valence-electron chi connectivity index (χ1n) is 2.05. The van der Waals surface area contributed by atoms with E-state index in [1.165, 1.54) is 0 Å². The van der Waals surface area contributed by atoms with Crippen LogP contribution in [0.25, 0.3) is 0 Å². The van der Waals surface area contributed by atoms with Crippen LogP contribution in [0.2, 0.25) is 0 Å². The molecule has 0 fully saturated rings. The molecule has 0 aliphatic carbocycles. The van der Waals surface area contributed by atoms with Crippen molar-refractivity contribution in [3.8, 4) is 0 Å². The average Bonchev–Trinajstić information content (AvgIpc) is 1.45. The topological polar surface area (TPSA) is 216 Å². The van der Waals surface area contributed by atoms with Gasteiger partial charge in [-0.3, -0.25) is 9.11 Å². The van der Waals surface area contributed by atoms with E-state index in [2.05, 4.69) is 0 Å². The molecular weight excluding hydrogens is 292 g/mol. The monoisotopic (exact) mass is 299 g/mol. The van der Waals surface area contributed by atoms with Crippen LogP contribution in [0.1, 0.15) is 0 Å². The van der Waals surface area contributed by atoms with Gasteiger partial charge in [-0.1, -0.05) is 0 Å². The maximum atomic E-state index is 8.88. The van der Waals surface area contributed by atoms with E-state index >= 15 is 0 Å². The molecule has 90 valence electrons. The molecule has 0 aromatic carbocycles. The van der Waals surface area contributed by atoms with Gasteiger partial charge in [0.25, 0.3) is 5.09 Å². The molecule has 0 rings (SSSR count). The number of hydrogen-bond donors (Lipinski definition) is 6. The van der Waals surface area contributed by atoms with Gasteiger partial charge in [0, 0.05) is 0 Å². The van der Waals surface area contributed by atoms with Crippen LogP contribution in [-0.2, 0) is 15.0 Å². The Morgan fingerprint density at radius 1 is 1.13 bits per heavy atom. The van der Waals surface area contributed by atoms with Crippen molar-refractivity contribution in [1.82, 2.24) is 0 Å². The Bertz CT molecular complexity index is 265. The summed E-state index contributed by atoms with van der Waals surface area (Å²) in [6.07, 6.45) is 0.